The van der Waals surface area contributed by atoms with Gasteiger partial charge in [0.1, 0.15) is 0 Å². The first-order valence-electron chi connectivity index (χ1n) is 10.4. The van der Waals surface area contributed by atoms with Crippen LogP contribution in [-0.2, 0) is 24.3 Å². The third kappa shape index (κ3) is 5.94. The van der Waals surface area contributed by atoms with Crippen LogP contribution in [0.15, 0.2) is 54.6 Å². The van der Waals surface area contributed by atoms with Crippen molar-refractivity contribution in [1.29, 1.82) is 0 Å². The highest BCUT2D eigenvalue weighted by Gasteiger charge is 2.21. The highest BCUT2D eigenvalue weighted by molar-refractivity contribution is 7.15. The van der Waals surface area contributed by atoms with Crippen molar-refractivity contribution in [2.45, 2.75) is 26.1 Å². The van der Waals surface area contributed by atoms with E-state index in [1.165, 1.54) is 42.2 Å². The fraction of sp³-hybridized carbons (Fsp3) is 0.250. The van der Waals surface area contributed by atoms with E-state index in [4.69, 9.17) is 4.74 Å². The second-order valence-electron chi connectivity index (χ2n) is 7.41. The van der Waals surface area contributed by atoms with Gasteiger partial charge in [0.2, 0.25) is 5.91 Å². The number of rotatable bonds is 8. The zero-order valence-corrected chi connectivity index (χ0v) is 18.8. The number of aromatic nitrogens is 1. The summed E-state index contributed by atoms with van der Waals surface area (Å²) in [6.45, 7) is -0.454. The quantitative estimate of drug-likeness (QED) is 0.471. The highest BCUT2D eigenvalue weighted by atomic mass is 32.1. The van der Waals surface area contributed by atoms with Gasteiger partial charge in [0.05, 0.1) is 12.8 Å². The summed E-state index contributed by atoms with van der Waals surface area (Å²) < 4.78 is 35.2. The topological polar surface area (TPSA) is 63.7 Å². The van der Waals surface area contributed by atoms with Gasteiger partial charge >= 0.3 is 6.61 Å². The molecule has 0 spiro atoms. The Labute approximate surface area is 194 Å². The molecule has 1 aromatic heterocycles. The predicted molar refractivity (Wildman–Crippen MR) is 124 cm³/mol. The molecule has 2 aromatic carbocycles. The number of alkyl halides is 2. The normalized spacial score (nSPS) is 13.8. The summed E-state index contributed by atoms with van der Waals surface area (Å²) in [6, 6.07) is 15.0. The van der Waals surface area contributed by atoms with Gasteiger partial charge < -0.3 is 9.47 Å². The fourth-order valence-electron chi connectivity index (χ4n) is 3.63. The van der Waals surface area contributed by atoms with Crippen LogP contribution in [0.5, 0.6) is 11.5 Å². The molecule has 172 valence electrons. The van der Waals surface area contributed by atoms with Crippen LogP contribution in [0.3, 0.4) is 0 Å². The molecule has 0 fully saturated rings. The van der Waals surface area contributed by atoms with Crippen LogP contribution in [0.25, 0.3) is 6.08 Å². The van der Waals surface area contributed by atoms with Crippen LogP contribution in [0.1, 0.15) is 21.7 Å². The highest BCUT2D eigenvalue weighted by Crippen LogP contribution is 2.33. The minimum absolute atomic E-state index is 0.123. The predicted octanol–water partition coefficient (Wildman–Crippen LogP) is 4.96. The lowest BCUT2D eigenvalue weighted by molar-refractivity contribution is -0.111. The molecule has 1 aliphatic heterocycles. The molecule has 0 saturated carbocycles. The molecule has 1 amide bonds. The Morgan fingerprint density at radius 1 is 1.24 bits per heavy atom. The summed E-state index contributed by atoms with van der Waals surface area (Å²) in [5.74, 6) is -0.374. The fourth-order valence-corrected chi connectivity index (χ4v) is 4.68. The van der Waals surface area contributed by atoms with E-state index in [0.29, 0.717) is 10.7 Å². The Morgan fingerprint density at radius 3 is 2.82 bits per heavy atom. The zero-order valence-electron chi connectivity index (χ0n) is 18.0. The number of methoxy groups -OCH3 is 1. The number of carbonyl (C=O) groups is 1. The second-order valence-corrected chi connectivity index (χ2v) is 8.50. The van der Waals surface area contributed by atoms with Crippen LogP contribution < -0.4 is 14.8 Å². The molecule has 33 heavy (non-hydrogen) atoms. The van der Waals surface area contributed by atoms with Crippen LogP contribution in [0.4, 0.5) is 13.9 Å². The number of para-hydroxylation sites is 1. The Kier molecular flexibility index (Phi) is 7.31. The third-order valence-electron chi connectivity index (χ3n) is 5.14. The average Bonchev–Trinajstić information content (AvgIpc) is 3.20. The zero-order chi connectivity index (χ0) is 23.2. The number of fused-ring (bicyclic) bond motifs is 1. The number of hydrogen-bond donors (Lipinski definition) is 1. The van der Waals surface area contributed by atoms with Crippen LogP contribution in [0.2, 0.25) is 0 Å². The maximum Gasteiger partial charge on any atom is 0.387 e. The van der Waals surface area contributed by atoms with E-state index in [1.807, 2.05) is 18.2 Å². The van der Waals surface area contributed by atoms with Crippen molar-refractivity contribution in [3.63, 3.8) is 0 Å². The first-order chi connectivity index (χ1) is 16.0. The Bertz CT molecular complexity index is 1140. The monoisotopic (exact) mass is 471 g/mol. The van der Waals surface area contributed by atoms with E-state index in [9.17, 15) is 13.6 Å². The van der Waals surface area contributed by atoms with Crippen molar-refractivity contribution in [2.24, 2.45) is 0 Å². The van der Waals surface area contributed by atoms with Gasteiger partial charge in [-0.1, -0.05) is 42.5 Å². The molecule has 0 bridgehead atoms. The molecule has 0 saturated heterocycles. The number of nitrogens with one attached hydrogen (secondary N) is 1. The van der Waals surface area contributed by atoms with E-state index in [2.05, 4.69) is 32.1 Å². The summed E-state index contributed by atoms with van der Waals surface area (Å²) in [6.07, 6.45) is 3.49. The Balaban J connectivity index is 1.40. The van der Waals surface area contributed by atoms with Crippen molar-refractivity contribution in [3.05, 3.63) is 76.3 Å². The van der Waals surface area contributed by atoms with Gasteiger partial charge in [-0.3, -0.25) is 15.0 Å². The standard InChI is InChI=1S/C24H23F2N3O3S/c1-31-19-9-5-8-17(22(19)32-23(25)26)10-11-21(30)28-24-27-18-12-13-29(15-20(18)33-24)14-16-6-3-2-4-7-16/h2-11,23H,12-15H2,1H3,(H,27,28,30)/b11-10+. The Hall–Kier alpha value is -3.30. The molecule has 1 aliphatic rings. The molecule has 0 aliphatic carbocycles. The molecule has 2 heterocycles. The first-order valence-corrected chi connectivity index (χ1v) is 11.2. The van der Waals surface area contributed by atoms with Gasteiger partial charge in [-0.2, -0.15) is 8.78 Å². The lowest BCUT2D eigenvalue weighted by Gasteiger charge is -2.25. The number of halogens is 2. The number of carbonyl (C=O) groups excluding carboxylic acids is 1. The molecule has 0 unspecified atom stereocenters. The summed E-state index contributed by atoms with van der Waals surface area (Å²) >= 11 is 1.45. The molecule has 4 rings (SSSR count). The summed E-state index contributed by atoms with van der Waals surface area (Å²) in [5.41, 5.74) is 2.57. The maximum absolute atomic E-state index is 12.8. The SMILES string of the molecule is COc1cccc(/C=C/C(=O)Nc2nc3c(s2)CN(Cc2ccccc2)CC3)c1OC(F)F. The number of thiazole rings is 1. The van der Waals surface area contributed by atoms with Gasteiger partial charge in [0.25, 0.3) is 0 Å². The number of amides is 1. The van der Waals surface area contributed by atoms with Crippen LogP contribution in [-0.4, -0.2) is 36.1 Å². The summed E-state index contributed by atoms with van der Waals surface area (Å²) in [5, 5.41) is 3.29. The van der Waals surface area contributed by atoms with E-state index in [0.717, 1.165) is 36.6 Å². The summed E-state index contributed by atoms with van der Waals surface area (Å²) in [7, 11) is 1.36. The van der Waals surface area contributed by atoms with Gasteiger partial charge in [0.15, 0.2) is 16.6 Å². The maximum atomic E-state index is 12.8. The lowest BCUT2D eigenvalue weighted by Crippen LogP contribution is -2.29. The van der Waals surface area contributed by atoms with Gasteiger partial charge in [0, 0.05) is 42.6 Å². The first kappa shape index (κ1) is 22.9. The van der Waals surface area contributed by atoms with Crippen molar-refractivity contribution in [1.82, 2.24) is 9.88 Å². The molecule has 1 N–H and O–H groups in total. The van der Waals surface area contributed by atoms with Crippen molar-refractivity contribution < 1.29 is 23.0 Å². The molecule has 0 radical (unpaired) electrons. The van der Waals surface area contributed by atoms with E-state index in [-0.39, 0.29) is 11.5 Å². The largest absolute Gasteiger partial charge is 0.493 e. The average molecular weight is 472 g/mol. The molecular weight excluding hydrogens is 448 g/mol. The van der Waals surface area contributed by atoms with Crippen molar-refractivity contribution in [2.75, 3.05) is 19.0 Å². The molecular formula is C24H23F2N3O3S. The van der Waals surface area contributed by atoms with Gasteiger partial charge in [-0.25, -0.2) is 4.98 Å². The minimum atomic E-state index is -3.01. The molecule has 0 atom stereocenters. The number of anilines is 1. The summed E-state index contributed by atoms with van der Waals surface area (Å²) in [4.78, 5) is 20.5. The minimum Gasteiger partial charge on any atom is -0.493 e. The smallest absolute Gasteiger partial charge is 0.387 e. The van der Waals surface area contributed by atoms with E-state index >= 15 is 0 Å². The van der Waals surface area contributed by atoms with E-state index < -0.39 is 12.5 Å². The van der Waals surface area contributed by atoms with Crippen LogP contribution in [0, 0.1) is 0 Å². The number of ether oxygens (including phenoxy) is 2. The van der Waals surface area contributed by atoms with Crippen molar-refractivity contribution in [3.8, 4) is 11.5 Å². The lowest BCUT2D eigenvalue weighted by atomic mass is 10.1. The molecule has 6 nitrogen and oxygen atoms in total. The third-order valence-corrected chi connectivity index (χ3v) is 6.14. The molecule has 9 heteroatoms. The number of nitrogens with zero attached hydrogens (tertiary/aromatic N) is 2. The number of hydrogen-bond acceptors (Lipinski definition) is 6. The Morgan fingerprint density at radius 2 is 2.06 bits per heavy atom. The van der Waals surface area contributed by atoms with E-state index in [1.54, 1.807) is 12.1 Å². The van der Waals surface area contributed by atoms with Crippen LogP contribution >= 0.6 is 11.3 Å². The second kappa shape index (κ2) is 10.5. The number of benzene rings is 2. The van der Waals surface area contributed by atoms with Gasteiger partial charge in [-0.05, 0) is 17.7 Å². The van der Waals surface area contributed by atoms with Gasteiger partial charge in [-0.15, -0.1) is 11.3 Å². The molecule has 3 aromatic rings. The van der Waals surface area contributed by atoms with Crippen molar-refractivity contribution >= 4 is 28.5 Å².